The van der Waals surface area contributed by atoms with Gasteiger partial charge in [-0.1, -0.05) is 23.2 Å². The molecule has 2 aromatic rings. The molecule has 28 heavy (non-hydrogen) atoms. The number of esters is 2. The van der Waals surface area contributed by atoms with Crippen molar-refractivity contribution in [2.75, 3.05) is 26.7 Å². The quantitative estimate of drug-likeness (QED) is 0.489. The van der Waals surface area contributed by atoms with Crippen molar-refractivity contribution in [1.82, 2.24) is 0 Å². The van der Waals surface area contributed by atoms with Gasteiger partial charge in [-0.25, -0.2) is 18.0 Å². The van der Waals surface area contributed by atoms with Crippen LogP contribution in [0.25, 0.3) is 0 Å². The standard InChI is InChI=1S/C9H9ClO4S.C9H9ClO2S/c1-14-9(11)7-5-6(15(2,12)13)3-4-8(7)10;1-12-9(11)7-5-6(13-2)3-4-8(7)10/h3-5H,1-2H3;3-5H,1-2H3. The predicted molar refractivity (Wildman–Crippen MR) is 110 cm³/mol. The van der Waals surface area contributed by atoms with Gasteiger partial charge in [0.2, 0.25) is 0 Å². The maximum atomic E-state index is 11.2. The molecule has 0 saturated carbocycles. The van der Waals surface area contributed by atoms with E-state index in [4.69, 9.17) is 23.2 Å². The molecule has 0 atom stereocenters. The third kappa shape index (κ3) is 6.70. The highest BCUT2D eigenvalue weighted by molar-refractivity contribution is 7.98. The molecule has 0 spiro atoms. The van der Waals surface area contributed by atoms with E-state index in [1.165, 1.54) is 32.4 Å². The Morgan fingerprint density at radius 1 is 0.893 bits per heavy atom. The molecule has 6 nitrogen and oxygen atoms in total. The summed E-state index contributed by atoms with van der Waals surface area (Å²) < 4.78 is 31.5. The molecule has 0 heterocycles. The monoisotopic (exact) mass is 464 g/mol. The van der Waals surface area contributed by atoms with E-state index in [0.717, 1.165) is 11.2 Å². The number of carbonyl (C=O) groups excluding carboxylic acids is 2. The first-order chi connectivity index (χ1) is 13.0. The van der Waals surface area contributed by atoms with E-state index >= 15 is 0 Å². The van der Waals surface area contributed by atoms with Gasteiger partial charge < -0.3 is 9.47 Å². The van der Waals surface area contributed by atoms with Crippen LogP contribution in [-0.2, 0) is 19.3 Å². The van der Waals surface area contributed by atoms with Gasteiger partial charge in [0.1, 0.15) is 0 Å². The molecule has 0 fully saturated rings. The van der Waals surface area contributed by atoms with Crippen LogP contribution in [0.1, 0.15) is 20.7 Å². The molecule has 0 saturated heterocycles. The number of hydrogen-bond acceptors (Lipinski definition) is 7. The van der Waals surface area contributed by atoms with Crippen LogP contribution in [0.5, 0.6) is 0 Å². The van der Waals surface area contributed by atoms with E-state index in [2.05, 4.69) is 9.47 Å². The number of thioether (sulfide) groups is 1. The largest absolute Gasteiger partial charge is 0.465 e. The highest BCUT2D eigenvalue weighted by Crippen LogP contribution is 2.23. The number of ether oxygens (including phenoxy) is 2. The Kier molecular flexibility index (Phi) is 9.29. The Labute approximate surface area is 178 Å². The number of halogens is 2. The Morgan fingerprint density at radius 3 is 1.79 bits per heavy atom. The van der Waals surface area contributed by atoms with Crippen LogP contribution in [-0.4, -0.2) is 47.1 Å². The lowest BCUT2D eigenvalue weighted by molar-refractivity contribution is 0.0591. The minimum absolute atomic E-state index is 0.0345. The fourth-order valence-electron chi connectivity index (χ4n) is 1.90. The molecule has 0 N–H and O–H groups in total. The van der Waals surface area contributed by atoms with E-state index < -0.39 is 21.8 Å². The van der Waals surface area contributed by atoms with Gasteiger partial charge in [0, 0.05) is 11.2 Å². The number of carbonyl (C=O) groups is 2. The van der Waals surface area contributed by atoms with Crippen molar-refractivity contribution in [3.63, 3.8) is 0 Å². The predicted octanol–water partition coefficient (Wildman–Crippen LogP) is 4.38. The number of methoxy groups -OCH3 is 2. The first-order valence-corrected chi connectivity index (χ1v) is 11.4. The third-order valence-corrected chi connectivity index (χ3v) is 5.84. The second-order valence-corrected chi connectivity index (χ2v) is 8.95. The summed E-state index contributed by atoms with van der Waals surface area (Å²) in [6.45, 7) is 0. The molecule has 2 rings (SSSR count). The van der Waals surface area contributed by atoms with E-state index in [9.17, 15) is 18.0 Å². The van der Waals surface area contributed by atoms with Crippen LogP contribution in [0, 0.1) is 0 Å². The van der Waals surface area contributed by atoms with Gasteiger partial charge in [-0.2, -0.15) is 0 Å². The molecule has 0 aromatic heterocycles. The first kappa shape index (κ1) is 24.3. The molecular weight excluding hydrogens is 447 g/mol. The lowest BCUT2D eigenvalue weighted by Crippen LogP contribution is -2.05. The Balaban J connectivity index is 0.000000283. The van der Waals surface area contributed by atoms with Crippen molar-refractivity contribution in [3.8, 4) is 0 Å². The van der Waals surface area contributed by atoms with E-state index in [1.807, 2.05) is 12.3 Å². The van der Waals surface area contributed by atoms with Gasteiger partial charge in [-0.15, -0.1) is 11.8 Å². The Bertz CT molecular complexity index is 974. The smallest absolute Gasteiger partial charge is 0.339 e. The fourth-order valence-corrected chi connectivity index (χ4v) is 3.38. The van der Waals surface area contributed by atoms with Crippen molar-refractivity contribution < 1.29 is 27.5 Å². The Morgan fingerprint density at radius 2 is 1.36 bits per heavy atom. The molecule has 0 aliphatic carbocycles. The first-order valence-electron chi connectivity index (χ1n) is 7.55. The van der Waals surface area contributed by atoms with Gasteiger partial charge in [-0.05, 0) is 42.7 Å². The summed E-state index contributed by atoms with van der Waals surface area (Å²) in [5.41, 5.74) is 0.457. The summed E-state index contributed by atoms with van der Waals surface area (Å²) in [4.78, 5) is 23.4. The fraction of sp³-hybridized carbons (Fsp3) is 0.222. The molecule has 2 aromatic carbocycles. The molecule has 0 radical (unpaired) electrons. The zero-order valence-corrected chi connectivity index (χ0v) is 18.6. The summed E-state index contributed by atoms with van der Waals surface area (Å²) >= 11 is 13.1. The summed E-state index contributed by atoms with van der Waals surface area (Å²) in [5, 5.41) is 0.582. The summed E-state index contributed by atoms with van der Waals surface area (Å²) in [6, 6.07) is 9.16. The maximum Gasteiger partial charge on any atom is 0.339 e. The normalized spacial score (nSPS) is 10.5. The zero-order valence-electron chi connectivity index (χ0n) is 15.5. The SMILES string of the molecule is COC(=O)c1cc(S(C)(=O)=O)ccc1Cl.COC(=O)c1cc(SC)ccc1Cl. The van der Waals surface area contributed by atoms with Crippen molar-refractivity contribution >= 4 is 56.7 Å². The minimum Gasteiger partial charge on any atom is -0.465 e. The van der Waals surface area contributed by atoms with Crippen molar-refractivity contribution in [2.24, 2.45) is 0 Å². The Hall–Kier alpha value is -1.74. The lowest BCUT2D eigenvalue weighted by Gasteiger charge is -2.04. The van der Waals surface area contributed by atoms with Crippen LogP contribution in [0.15, 0.2) is 46.2 Å². The minimum atomic E-state index is -3.35. The summed E-state index contributed by atoms with van der Waals surface area (Å²) in [7, 11) is -0.812. The molecule has 0 aliphatic rings. The average molecular weight is 465 g/mol. The zero-order chi connectivity index (χ0) is 21.5. The van der Waals surface area contributed by atoms with Gasteiger partial charge in [0.15, 0.2) is 9.84 Å². The highest BCUT2D eigenvalue weighted by Gasteiger charge is 2.15. The summed E-state index contributed by atoms with van der Waals surface area (Å²) in [6.07, 6.45) is 2.99. The second-order valence-electron chi connectivity index (χ2n) is 5.24. The molecule has 10 heteroatoms. The maximum absolute atomic E-state index is 11.2. The molecule has 0 bridgehead atoms. The van der Waals surface area contributed by atoms with E-state index in [0.29, 0.717) is 10.6 Å². The topological polar surface area (TPSA) is 86.7 Å². The lowest BCUT2D eigenvalue weighted by atomic mass is 10.2. The second kappa shape index (κ2) is 10.7. The van der Waals surface area contributed by atoms with E-state index in [1.54, 1.807) is 23.9 Å². The van der Waals surface area contributed by atoms with Gasteiger partial charge in [0.25, 0.3) is 0 Å². The molecule has 0 amide bonds. The van der Waals surface area contributed by atoms with Crippen molar-refractivity contribution in [2.45, 2.75) is 9.79 Å². The number of hydrogen-bond donors (Lipinski definition) is 0. The molecule has 0 unspecified atom stereocenters. The van der Waals surface area contributed by atoms with Crippen molar-refractivity contribution in [1.29, 1.82) is 0 Å². The molecule has 0 aliphatic heterocycles. The van der Waals surface area contributed by atoms with Crippen LogP contribution in [0.2, 0.25) is 10.0 Å². The van der Waals surface area contributed by atoms with Crippen LogP contribution >= 0.6 is 35.0 Å². The van der Waals surface area contributed by atoms with Gasteiger partial charge in [-0.3, -0.25) is 0 Å². The van der Waals surface area contributed by atoms with E-state index in [-0.39, 0.29) is 15.5 Å². The van der Waals surface area contributed by atoms with Crippen molar-refractivity contribution in [3.05, 3.63) is 57.6 Å². The number of rotatable bonds is 4. The van der Waals surface area contributed by atoms with Gasteiger partial charge in [0.05, 0.1) is 40.3 Å². The molecular formula is C18H18Cl2O6S2. The van der Waals surface area contributed by atoms with Gasteiger partial charge >= 0.3 is 11.9 Å². The van der Waals surface area contributed by atoms with Crippen LogP contribution in [0.4, 0.5) is 0 Å². The number of sulfone groups is 1. The third-order valence-electron chi connectivity index (χ3n) is 3.35. The van der Waals surface area contributed by atoms with Crippen LogP contribution < -0.4 is 0 Å². The average Bonchev–Trinajstić information content (AvgIpc) is 2.67. The number of benzene rings is 2. The highest BCUT2D eigenvalue weighted by atomic mass is 35.5. The summed E-state index contributed by atoms with van der Waals surface area (Å²) in [5.74, 6) is -1.06. The molecule has 152 valence electrons. The van der Waals surface area contributed by atoms with Crippen LogP contribution in [0.3, 0.4) is 0 Å².